The zero-order chi connectivity index (χ0) is 29.4. The molecule has 0 spiro atoms. The molecule has 1 aliphatic heterocycles. The molecule has 1 fully saturated rings. The van der Waals surface area contributed by atoms with Gasteiger partial charge in [0.05, 0.1) is 29.3 Å². The SMILES string of the molecule is Cc1noc(C2CC2C(=O)NCc2ccc(-c3cccc(C(F)(F)F)c3)c3c2CN(C(=O)Nc2cccnc2)CC3)n1. The van der Waals surface area contributed by atoms with E-state index in [-0.39, 0.29) is 36.9 Å². The van der Waals surface area contributed by atoms with Gasteiger partial charge in [-0.2, -0.15) is 18.2 Å². The number of amides is 3. The van der Waals surface area contributed by atoms with E-state index in [1.807, 2.05) is 6.07 Å². The number of alkyl halides is 3. The number of hydrogen-bond acceptors (Lipinski definition) is 6. The summed E-state index contributed by atoms with van der Waals surface area (Å²) in [5.74, 6) is 0.432. The largest absolute Gasteiger partial charge is 0.416 e. The van der Waals surface area contributed by atoms with Gasteiger partial charge >= 0.3 is 12.2 Å². The zero-order valence-electron chi connectivity index (χ0n) is 22.6. The van der Waals surface area contributed by atoms with Gasteiger partial charge in [0.2, 0.25) is 11.8 Å². The van der Waals surface area contributed by atoms with Crippen LogP contribution in [0.4, 0.5) is 23.7 Å². The maximum atomic E-state index is 13.5. The van der Waals surface area contributed by atoms with E-state index in [0.29, 0.717) is 47.9 Å². The number of urea groups is 1. The predicted octanol–water partition coefficient (Wildman–Crippen LogP) is 5.47. The van der Waals surface area contributed by atoms with Crippen molar-refractivity contribution in [1.29, 1.82) is 0 Å². The number of nitrogens with one attached hydrogen (secondary N) is 2. The minimum Gasteiger partial charge on any atom is -0.352 e. The average molecular weight is 577 g/mol. The van der Waals surface area contributed by atoms with Gasteiger partial charge in [-0.3, -0.25) is 9.78 Å². The van der Waals surface area contributed by atoms with Crippen LogP contribution in [-0.2, 0) is 30.5 Å². The highest BCUT2D eigenvalue weighted by atomic mass is 19.4. The zero-order valence-corrected chi connectivity index (χ0v) is 22.6. The van der Waals surface area contributed by atoms with Gasteiger partial charge in [0, 0.05) is 25.8 Å². The maximum absolute atomic E-state index is 13.5. The fraction of sp³-hybridized carbons (Fsp3) is 0.300. The van der Waals surface area contributed by atoms with Crippen LogP contribution < -0.4 is 10.6 Å². The number of halogens is 3. The van der Waals surface area contributed by atoms with E-state index in [9.17, 15) is 22.8 Å². The number of nitrogens with zero attached hydrogens (tertiary/aromatic N) is 4. The standard InChI is InChI=1S/C30H27F3N6O3/c1-17-36-28(42-38-17)25-13-24(25)27(40)35-14-19-7-8-22(18-4-2-5-20(12-18)30(31,32)33)23-9-11-39(16-26(19)23)29(41)37-21-6-3-10-34-15-21/h2-8,10,12,15,24-25H,9,11,13-14,16H2,1H3,(H,35,40)(H,37,41). The van der Waals surface area contributed by atoms with Gasteiger partial charge < -0.3 is 20.1 Å². The molecule has 2 aromatic heterocycles. The van der Waals surface area contributed by atoms with Crippen LogP contribution in [0.15, 0.2) is 65.4 Å². The summed E-state index contributed by atoms with van der Waals surface area (Å²) in [6.07, 6.45) is -0.270. The van der Waals surface area contributed by atoms with E-state index < -0.39 is 11.7 Å². The molecule has 0 bridgehead atoms. The maximum Gasteiger partial charge on any atom is 0.416 e. The quantitative estimate of drug-likeness (QED) is 0.315. The van der Waals surface area contributed by atoms with Crippen LogP contribution in [0.1, 0.15) is 46.3 Å². The minimum absolute atomic E-state index is 0.116. The molecule has 6 rings (SSSR count). The third kappa shape index (κ3) is 5.69. The van der Waals surface area contributed by atoms with Crippen molar-refractivity contribution in [1.82, 2.24) is 25.3 Å². The first kappa shape index (κ1) is 27.4. The van der Waals surface area contributed by atoms with E-state index >= 15 is 0 Å². The fourth-order valence-corrected chi connectivity index (χ4v) is 5.39. The number of hydrogen-bond donors (Lipinski definition) is 2. The summed E-state index contributed by atoms with van der Waals surface area (Å²) in [5, 5.41) is 9.61. The van der Waals surface area contributed by atoms with Gasteiger partial charge in [-0.15, -0.1) is 0 Å². The first-order valence-electron chi connectivity index (χ1n) is 13.5. The Morgan fingerprint density at radius 3 is 2.71 bits per heavy atom. The molecule has 2 atom stereocenters. The molecule has 0 radical (unpaired) electrons. The van der Waals surface area contributed by atoms with Crippen molar-refractivity contribution in [2.45, 2.75) is 44.9 Å². The molecule has 12 heteroatoms. The summed E-state index contributed by atoms with van der Waals surface area (Å²) < 4.78 is 45.6. The van der Waals surface area contributed by atoms with Crippen molar-refractivity contribution in [2.24, 2.45) is 5.92 Å². The first-order valence-corrected chi connectivity index (χ1v) is 13.5. The van der Waals surface area contributed by atoms with E-state index in [1.54, 1.807) is 48.5 Å². The van der Waals surface area contributed by atoms with E-state index in [0.717, 1.165) is 28.8 Å². The Morgan fingerprint density at radius 2 is 1.98 bits per heavy atom. The number of anilines is 1. The van der Waals surface area contributed by atoms with Gasteiger partial charge in [0.15, 0.2) is 5.82 Å². The summed E-state index contributed by atoms with van der Waals surface area (Å²) in [5.41, 5.74) is 3.39. The Morgan fingerprint density at radius 1 is 1.12 bits per heavy atom. The average Bonchev–Trinajstić information content (AvgIpc) is 3.68. The Bertz CT molecular complexity index is 1640. The van der Waals surface area contributed by atoms with Crippen LogP contribution in [0.25, 0.3) is 11.1 Å². The summed E-state index contributed by atoms with van der Waals surface area (Å²) in [6.45, 7) is 2.52. The van der Waals surface area contributed by atoms with Gasteiger partial charge in [0.25, 0.3) is 0 Å². The second-order valence-electron chi connectivity index (χ2n) is 10.5. The lowest BCUT2D eigenvalue weighted by atomic mass is 9.87. The normalized spacial score (nSPS) is 17.9. The second kappa shape index (κ2) is 10.9. The molecular formula is C30H27F3N6O3. The van der Waals surface area contributed by atoms with Gasteiger partial charge in [-0.05, 0) is 71.8 Å². The van der Waals surface area contributed by atoms with Crippen LogP contribution >= 0.6 is 0 Å². The second-order valence-corrected chi connectivity index (χ2v) is 10.5. The molecule has 4 aromatic rings. The lowest BCUT2D eigenvalue weighted by Gasteiger charge is -2.32. The minimum atomic E-state index is -4.47. The molecule has 1 saturated carbocycles. The fourth-order valence-electron chi connectivity index (χ4n) is 5.39. The Balaban J connectivity index is 1.26. The highest BCUT2D eigenvalue weighted by molar-refractivity contribution is 5.89. The number of pyridine rings is 1. The van der Waals surface area contributed by atoms with E-state index in [1.165, 1.54) is 6.07 Å². The van der Waals surface area contributed by atoms with Crippen LogP contribution in [0.2, 0.25) is 0 Å². The summed E-state index contributed by atoms with van der Waals surface area (Å²) >= 11 is 0. The van der Waals surface area contributed by atoms with Crippen molar-refractivity contribution in [3.8, 4) is 11.1 Å². The molecule has 2 aliphatic rings. The van der Waals surface area contributed by atoms with E-state index in [2.05, 4.69) is 25.8 Å². The Labute approximate surface area is 239 Å². The molecular weight excluding hydrogens is 549 g/mol. The highest BCUT2D eigenvalue weighted by Gasteiger charge is 2.47. The third-order valence-electron chi connectivity index (χ3n) is 7.65. The van der Waals surface area contributed by atoms with Crippen LogP contribution in [0, 0.1) is 12.8 Å². The number of aromatic nitrogens is 3. The highest BCUT2D eigenvalue weighted by Crippen LogP contribution is 2.47. The van der Waals surface area contributed by atoms with E-state index in [4.69, 9.17) is 4.52 Å². The smallest absolute Gasteiger partial charge is 0.352 e. The van der Waals surface area contributed by atoms with Crippen molar-refractivity contribution in [3.05, 3.63) is 94.9 Å². The lowest BCUT2D eigenvalue weighted by molar-refractivity contribution is -0.137. The van der Waals surface area contributed by atoms with Crippen LogP contribution in [-0.4, -0.2) is 38.5 Å². The molecule has 0 saturated heterocycles. The van der Waals surface area contributed by atoms with Gasteiger partial charge in [-0.1, -0.05) is 29.4 Å². The predicted molar refractivity (Wildman–Crippen MR) is 146 cm³/mol. The van der Waals surface area contributed by atoms with Gasteiger partial charge in [-0.25, -0.2) is 4.79 Å². The molecule has 3 amide bonds. The molecule has 2 N–H and O–H groups in total. The molecule has 2 unspecified atom stereocenters. The van der Waals surface area contributed by atoms with Crippen LogP contribution in [0.5, 0.6) is 0 Å². The topological polar surface area (TPSA) is 113 Å². The van der Waals surface area contributed by atoms with Crippen molar-refractivity contribution in [3.63, 3.8) is 0 Å². The van der Waals surface area contributed by atoms with Crippen molar-refractivity contribution in [2.75, 3.05) is 11.9 Å². The number of fused-ring (bicyclic) bond motifs is 1. The molecule has 216 valence electrons. The van der Waals surface area contributed by atoms with Crippen molar-refractivity contribution < 1.29 is 27.3 Å². The number of carbonyl (C=O) groups excluding carboxylic acids is 2. The lowest BCUT2D eigenvalue weighted by Crippen LogP contribution is -2.40. The molecule has 3 heterocycles. The number of aryl methyl sites for hydroxylation is 1. The number of rotatable bonds is 6. The summed E-state index contributed by atoms with van der Waals surface area (Å²) in [4.78, 5) is 35.9. The third-order valence-corrected chi connectivity index (χ3v) is 7.65. The molecule has 9 nitrogen and oxygen atoms in total. The first-order chi connectivity index (χ1) is 20.2. The summed E-state index contributed by atoms with van der Waals surface area (Å²) in [7, 11) is 0. The molecule has 1 aliphatic carbocycles. The molecule has 2 aromatic carbocycles. The molecule has 42 heavy (non-hydrogen) atoms. The monoisotopic (exact) mass is 576 g/mol. The number of benzene rings is 2. The Kier molecular flexibility index (Phi) is 7.13. The Hall–Kier alpha value is -4.74. The number of carbonyl (C=O) groups is 2. The van der Waals surface area contributed by atoms with Crippen molar-refractivity contribution >= 4 is 17.6 Å². The van der Waals surface area contributed by atoms with Gasteiger partial charge in [0.1, 0.15) is 0 Å². The van der Waals surface area contributed by atoms with Crippen LogP contribution in [0.3, 0.4) is 0 Å². The summed E-state index contributed by atoms with van der Waals surface area (Å²) in [6, 6.07) is 12.0.